The van der Waals surface area contributed by atoms with E-state index in [1.807, 2.05) is 12.1 Å². The van der Waals surface area contributed by atoms with Crippen LogP contribution in [0.5, 0.6) is 0 Å². The smallest absolute Gasteiger partial charge is 0.315 e. The Morgan fingerprint density at radius 1 is 1.73 bits per heavy atom. The lowest BCUT2D eigenvalue weighted by Crippen LogP contribution is -2.13. The van der Waals surface area contributed by atoms with E-state index in [-0.39, 0.29) is 11.2 Å². The molecule has 0 saturated heterocycles. The van der Waals surface area contributed by atoms with Gasteiger partial charge < -0.3 is 14.9 Å². The van der Waals surface area contributed by atoms with Crippen LogP contribution in [-0.2, 0) is 9.53 Å². The molecule has 84 valence electrons. The molecule has 0 aliphatic rings. The number of furan rings is 1. The lowest BCUT2D eigenvalue weighted by molar-refractivity contribution is -0.139. The first-order chi connectivity index (χ1) is 7.27. The van der Waals surface area contributed by atoms with Gasteiger partial charge in [-0.05, 0) is 19.1 Å². The SMILES string of the molecule is CCOC(=O)CSC(CN)c1ccco1. The molecule has 2 N–H and O–H groups in total. The van der Waals surface area contributed by atoms with Crippen molar-refractivity contribution in [1.82, 2.24) is 0 Å². The average Bonchev–Trinajstić information content (AvgIpc) is 2.72. The Labute approximate surface area is 93.2 Å². The molecule has 0 aromatic carbocycles. The Morgan fingerprint density at radius 2 is 2.53 bits per heavy atom. The fraction of sp³-hybridized carbons (Fsp3) is 0.500. The van der Waals surface area contributed by atoms with Crippen molar-refractivity contribution < 1.29 is 13.9 Å². The fourth-order valence-electron chi connectivity index (χ4n) is 1.11. The van der Waals surface area contributed by atoms with Crippen molar-refractivity contribution in [2.45, 2.75) is 12.2 Å². The molecule has 1 aromatic heterocycles. The highest BCUT2D eigenvalue weighted by atomic mass is 32.2. The Bertz CT molecular complexity index is 287. The number of rotatable bonds is 6. The van der Waals surface area contributed by atoms with Crippen molar-refractivity contribution in [2.24, 2.45) is 5.73 Å². The molecule has 0 aliphatic heterocycles. The summed E-state index contributed by atoms with van der Waals surface area (Å²) in [5.74, 6) is 0.885. The van der Waals surface area contributed by atoms with Crippen LogP contribution in [0.2, 0.25) is 0 Å². The summed E-state index contributed by atoms with van der Waals surface area (Å²) in [6.07, 6.45) is 1.60. The second-order valence-corrected chi connectivity index (χ2v) is 4.05. The molecule has 0 fully saturated rings. The largest absolute Gasteiger partial charge is 0.468 e. The van der Waals surface area contributed by atoms with Crippen LogP contribution in [0.4, 0.5) is 0 Å². The summed E-state index contributed by atoms with van der Waals surface area (Å²) in [7, 11) is 0. The molecule has 0 spiro atoms. The van der Waals surface area contributed by atoms with Crippen LogP contribution >= 0.6 is 11.8 Å². The van der Waals surface area contributed by atoms with Crippen molar-refractivity contribution in [3.05, 3.63) is 24.2 Å². The Morgan fingerprint density at radius 3 is 3.07 bits per heavy atom. The first-order valence-electron chi connectivity index (χ1n) is 4.78. The molecule has 15 heavy (non-hydrogen) atoms. The van der Waals surface area contributed by atoms with Gasteiger partial charge in [0.2, 0.25) is 0 Å². The van der Waals surface area contributed by atoms with Crippen LogP contribution in [0.1, 0.15) is 17.9 Å². The van der Waals surface area contributed by atoms with Gasteiger partial charge in [-0.3, -0.25) is 4.79 Å². The molecule has 1 atom stereocenters. The van der Waals surface area contributed by atoms with E-state index in [9.17, 15) is 4.79 Å². The molecule has 1 rings (SSSR count). The summed E-state index contributed by atoms with van der Waals surface area (Å²) in [5, 5.41) is 0.0180. The first kappa shape index (κ1) is 12.1. The summed E-state index contributed by atoms with van der Waals surface area (Å²) in [4.78, 5) is 11.1. The van der Waals surface area contributed by atoms with Crippen molar-refractivity contribution in [1.29, 1.82) is 0 Å². The molecular formula is C10H15NO3S. The number of hydrogen-bond acceptors (Lipinski definition) is 5. The zero-order valence-corrected chi connectivity index (χ0v) is 9.46. The minimum absolute atomic E-state index is 0.0180. The third-order valence-electron chi connectivity index (χ3n) is 1.78. The monoisotopic (exact) mass is 229 g/mol. The van der Waals surface area contributed by atoms with Gasteiger partial charge in [0, 0.05) is 6.54 Å². The molecular weight excluding hydrogens is 214 g/mol. The third kappa shape index (κ3) is 3.97. The van der Waals surface area contributed by atoms with Crippen LogP contribution in [0, 0.1) is 0 Å². The third-order valence-corrected chi connectivity index (χ3v) is 3.01. The number of ether oxygens (including phenoxy) is 1. The standard InChI is InChI=1S/C10H15NO3S/c1-2-13-10(12)7-15-9(6-11)8-4-3-5-14-8/h3-5,9H,2,6-7,11H2,1H3. The zero-order valence-electron chi connectivity index (χ0n) is 8.64. The maximum Gasteiger partial charge on any atom is 0.315 e. The quantitative estimate of drug-likeness (QED) is 0.750. The van der Waals surface area contributed by atoms with E-state index in [1.54, 1.807) is 13.2 Å². The summed E-state index contributed by atoms with van der Waals surface area (Å²) in [6, 6.07) is 3.67. The Balaban J connectivity index is 2.38. The van der Waals surface area contributed by atoms with E-state index in [2.05, 4.69) is 0 Å². The average molecular weight is 229 g/mol. The first-order valence-corrected chi connectivity index (χ1v) is 5.83. The summed E-state index contributed by atoms with van der Waals surface area (Å²) < 4.78 is 10.0. The highest BCUT2D eigenvalue weighted by Gasteiger charge is 2.15. The minimum Gasteiger partial charge on any atom is -0.468 e. The van der Waals surface area contributed by atoms with Crippen LogP contribution in [0.3, 0.4) is 0 Å². The number of carbonyl (C=O) groups excluding carboxylic acids is 1. The van der Waals surface area contributed by atoms with Crippen molar-refractivity contribution in [2.75, 3.05) is 18.9 Å². The minimum atomic E-state index is -0.215. The van der Waals surface area contributed by atoms with Gasteiger partial charge in [-0.15, -0.1) is 11.8 Å². The Hall–Kier alpha value is -0.940. The van der Waals surface area contributed by atoms with E-state index in [0.717, 1.165) is 5.76 Å². The number of thioether (sulfide) groups is 1. The summed E-state index contributed by atoms with van der Waals surface area (Å²) in [5.41, 5.74) is 5.59. The topological polar surface area (TPSA) is 65.5 Å². The predicted molar refractivity (Wildman–Crippen MR) is 59.6 cm³/mol. The Kier molecular flexibility index (Phi) is 5.28. The summed E-state index contributed by atoms with van der Waals surface area (Å²) >= 11 is 1.43. The maximum absolute atomic E-state index is 11.1. The van der Waals surface area contributed by atoms with E-state index in [0.29, 0.717) is 18.9 Å². The highest BCUT2D eigenvalue weighted by Crippen LogP contribution is 2.27. The second kappa shape index (κ2) is 6.53. The molecule has 1 heterocycles. The lowest BCUT2D eigenvalue weighted by atomic mass is 10.3. The molecule has 0 amide bonds. The number of hydrogen-bond donors (Lipinski definition) is 1. The molecule has 0 radical (unpaired) electrons. The van der Waals surface area contributed by atoms with Crippen LogP contribution < -0.4 is 5.73 Å². The van der Waals surface area contributed by atoms with Gasteiger partial charge in [0.25, 0.3) is 0 Å². The van der Waals surface area contributed by atoms with Gasteiger partial charge >= 0.3 is 5.97 Å². The molecule has 0 bridgehead atoms. The molecule has 1 unspecified atom stereocenters. The second-order valence-electron chi connectivity index (χ2n) is 2.86. The fourth-order valence-corrected chi connectivity index (χ4v) is 1.97. The molecule has 5 heteroatoms. The van der Waals surface area contributed by atoms with Gasteiger partial charge in [0.1, 0.15) is 5.76 Å². The van der Waals surface area contributed by atoms with Crippen LogP contribution in [0.25, 0.3) is 0 Å². The van der Waals surface area contributed by atoms with Gasteiger partial charge in [0.15, 0.2) is 0 Å². The zero-order chi connectivity index (χ0) is 11.1. The van der Waals surface area contributed by atoms with E-state index < -0.39 is 0 Å². The van der Waals surface area contributed by atoms with Crippen molar-refractivity contribution in [3.8, 4) is 0 Å². The van der Waals surface area contributed by atoms with Gasteiger partial charge in [-0.1, -0.05) is 0 Å². The van der Waals surface area contributed by atoms with E-state index >= 15 is 0 Å². The van der Waals surface area contributed by atoms with Crippen LogP contribution in [0.15, 0.2) is 22.8 Å². The number of nitrogens with two attached hydrogens (primary N) is 1. The van der Waals surface area contributed by atoms with Crippen molar-refractivity contribution in [3.63, 3.8) is 0 Å². The predicted octanol–water partition coefficient (Wildman–Crippen LogP) is 1.58. The number of esters is 1. The molecule has 0 aliphatic carbocycles. The normalized spacial score (nSPS) is 12.4. The summed E-state index contributed by atoms with van der Waals surface area (Å²) in [6.45, 7) is 2.64. The van der Waals surface area contributed by atoms with Crippen LogP contribution in [-0.4, -0.2) is 24.9 Å². The van der Waals surface area contributed by atoms with Gasteiger partial charge in [-0.25, -0.2) is 0 Å². The molecule has 0 saturated carbocycles. The maximum atomic E-state index is 11.1. The molecule has 1 aromatic rings. The highest BCUT2D eigenvalue weighted by molar-refractivity contribution is 8.00. The van der Waals surface area contributed by atoms with Gasteiger partial charge in [-0.2, -0.15) is 0 Å². The van der Waals surface area contributed by atoms with E-state index in [1.165, 1.54) is 11.8 Å². The van der Waals surface area contributed by atoms with Crippen molar-refractivity contribution >= 4 is 17.7 Å². The lowest BCUT2D eigenvalue weighted by Gasteiger charge is -2.10. The number of carbonyl (C=O) groups is 1. The molecule has 4 nitrogen and oxygen atoms in total. The van der Waals surface area contributed by atoms with E-state index in [4.69, 9.17) is 14.9 Å². The van der Waals surface area contributed by atoms with Gasteiger partial charge in [0.05, 0.1) is 23.9 Å².